The maximum atomic E-state index is 13.6. The number of nitrogens with zero attached hydrogens (tertiary/aromatic N) is 1. The quantitative estimate of drug-likeness (QED) is 0.110. The number of benzene rings is 3. The molecule has 274 valence electrons. The van der Waals surface area contributed by atoms with Gasteiger partial charge < -0.3 is 28.7 Å². The van der Waals surface area contributed by atoms with Gasteiger partial charge in [-0.3, -0.25) is 4.79 Å². The van der Waals surface area contributed by atoms with Crippen molar-refractivity contribution in [2.45, 2.75) is 70.0 Å². The Balaban J connectivity index is 1.35. The summed E-state index contributed by atoms with van der Waals surface area (Å²) in [5, 5.41) is 16.0. The second-order valence-corrected chi connectivity index (χ2v) is 16.4. The summed E-state index contributed by atoms with van der Waals surface area (Å²) in [4.78, 5) is 42.2. The van der Waals surface area contributed by atoms with Crippen molar-refractivity contribution in [2.24, 2.45) is 0 Å². The third kappa shape index (κ3) is 10.1. The molecule has 2 heterocycles. The van der Waals surface area contributed by atoms with E-state index >= 15 is 0 Å². The highest BCUT2D eigenvalue weighted by atomic mass is 35.5. The molecule has 3 aromatic carbocycles. The first-order valence-electron chi connectivity index (χ1n) is 16.2. The smallest absolute Gasteiger partial charge is 0.486 e. The Hall–Kier alpha value is -4.92. The van der Waals surface area contributed by atoms with Crippen LogP contribution in [0.1, 0.15) is 65.3 Å². The number of carbonyl (C=O) groups excluding carboxylic acids is 1. The number of thiazole rings is 1. The van der Waals surface area contributed by atoms with Gasteiger partial charge in [-0.05, 0) is 79.9 Å². The summed E-state index contributed by atoms with van der Waals surface area (Å²) >= 11 is 7.40. The summed E-state index contributed by atoms with van der Waals surface area (Å²) in [5.41, 5.74) is 1.92. The molecular formula is C37H37ClN2O10S2. The first-order valence-corrected chi connectivity index (χ1v) is 19.1. The van der Waals surface area contributed by atoms with Crippen molar-refractivity contribution in [3.8, 4) is 11.5 Å². The van der Waals surface area contributed by atoms with Crippen LogP contribution in [0.5, 0.6) is 11.5 Å². The Morgan fingerprint density at radius 3 is 2.46 bits per heavy atom. The highest BCUT2D eigenvalue weighted by Crippen LogP contribution is 2.30. The van der Waals surface area contributed by atoms with Gasteiger partial charge >= 0.3 is 11.8 Å². The lowest BCUT2D eigenvalue weighted by molar-refractivity contribution is -0.145. The lowest BCUT2D eigenvalue weighted by Gasteiger charge is -2.18. The SMILES string of the molecule is Cc1oc(=O)oc1CC(Oc1ccc(CCCS(=O)(=O)c2ccc(Cl)cc2)cc1NC(=O)c1cccc(OCc2nc(C(C)(C)C)cs2)c1)C(=O)O. The molecule has 1 atom stereocenters. The van der Waals surface area contributed by atoms with Crippen LogP contribution in [0.15, 0.2) is 90.6 Å². The lowest BCUT2D eigenvalue weighted by Crippen LogP contribution is -2.30. The van der Waals surface area contributed by atoms with Gasteiger partial charge in [0, 0.05) is 21.4 Å². The second-order valence-electron chi connectivity index (χ2n) is 12.9. The number of anilines is 1. The number of sulfone groups is 1. The fraction of sp³-hybridized carbons (Fsp3) is 0.297. The minimum absolute atomic E-state index is 0.00527. The highest BCUT2D eigenvalue weighted by Gasteiger charge is 2.26. The standard InChI is InChI=1S/C37H37ClN2O10S2/c1-22-30(50-36(44)48-22)19-31(35(42)43)49-29-15-10-23(7-6-16-52(45,46)27-13-11-25(38)12-14-27)17-28(29)39-34(41)24-8-5-9-26(18-24)47-20-33-40-32(21-51-33)37(2,3)4/h5,8-15,17-18,21,31H,6-7,16,19-20H2,1-4H3,(H,39,41)(H,42,43). The Kier molecular flexibility index (Phi) is 11.9. The molecule has 0 saturated heterocycles. The van der Waals surface area contributed by atoms with Gasteiger partial charge in [0.05, 0.1) is 28.5 Å². The van der Waals surface area contributed by atoms with Crippen molar-refractivity contribution in [3.63, 3.8) is 0 Å². The van der Waals surface area contributed by atoms with Gasteiger partial charge in [-0.25, -0.2) is 23.0 Å². The van der Waals surface area contributed by atoms with E-state index in [1.54, 1.807) is 36.4 Å². The van der Waals surface area contributed by atoms with Crippen LogP contribution in [0.25, 0.3) is 0 Å². The van der Waals surface area contributed by atoms with Crippen LogP contribution >= 0.6 is 22.9 Å². The van der Waals surface area contributed by atoms with E-state index in [1.165, 1.54) is 48.6 Å². The molecule has 15 heteroatoms. The average molecular weight is 769 g/mol. The van der Waals surface area contributed by atoms with Crippen molar-refractivity contribution >= 4 is 50.3 Å². The minimum atomic E-state index is -3.58. The molecule has 12 nitrogen and oxygen atoms in total. The number of carboxylic acid groups (broad SMARTS) is 1. The van der Waals surface area contributed by atoms with Crippen molar-refractivity contribution in [1.29, 1.82) is 0 Å². The molecule has 0 bridgehead atoms. The number of amides is 1. The van der Waals surface area contributed by atoms with Gasteiger partial charge in [-0.1, -0.05) is 44.5 Å². The number of hydrogen-bond acceptors (Lipinski definition) is 11. The molecule has 5 rings (SSSR count). The van der Waals surface area contributed by atoms with Crippen molar-refractivity contribution in [3.05, 3.63) is 121 Å². The van der Waals surface area contributed by atoms with Gasteiger partial charge in [0.1, 0.15) is 28.9 Å². The lowest BCUT2D eigenvalue weighted by atomic mass is 9.93. The number of aromatic nitrogens is 1. The molecule has 0 saturated carbocycles. The fourth-order valence-corrected chi connectivity index (χ4v) is 7.38. The van der Waals surface area contributed by atoms with E-state index in [0.29, 0.717) is 22.8 Å². The number of carbonyl (C=O) groups is 2. The molecule has 0 aliphatic heterocycles. The summed E-state index contributed by atoms with van der Waals surface area (Å²) in [5.74, 6) is -2.42. The molecule has 2 aromatic heterocycles. The number of aliphatic carboxylic acids is 1. The zero-order chi connectivity index (χ0) is 37.6. The van der Waals surface area contributed by atoms with Crippen LogP contribution in [0.4, 0.5) is 5.69 Å². The minimum Gasteiger partial charge on any atom is -0.486 e. The van der Waals surface area contributed by atoms with E-state index in [0.717, 1.165) is 10.7 Å². The molecular weight excluding hydrogens is 732 g/mol. The van der Waals surface area contributed by atoms with E-state index < -0.39 is 33.6 Å². The van der Waals surface area contributed by atoms with E-state index in [9.17, 15) is 27.9 Å². The van der Waals surface area contributed by atoms with Crippen LogP contribution in [0.2, 0.25) is 5.02 Å². The predicted molar refractivity (Wildman–Crippen MR) is 196 cm³/mol. The normalized spacial score (nSPS) is 12.3. The number of ether oxygens (including phenoxy) is 2. The molecule has 2 N–H and O–H groups in total. The molecule has 0 aliphatic carbocycles. The largest absolute Gasteiger partial charge is 0.519 e. The molecule has 5 aromatic rings. The second kappa shape index (κ2) is 16.2. The van der Waals surface area contributed by atoms with Gasteiger partial charge in [0.2, 0.25) is 6.10 Å². The summed E-state index contributed by atoms with van der Waals surface area (Å²) in [6, 6.07) is 17.2. The zero-order valence-electron chi connectivity index (χ0n) is 28.8. The number of nitrogens with one attached hydrogen (secondary N) is 1. The highest BCUT2D eigenvalue weighted by molar-refractivity contribution is 7.91. The van der Waals surface area contributed by atoms with Gasteiger partial charge in [0.25, 0.3) is 5.91 Å². The molecule has 0 fully saturated rings. The van der Waals surface area contributed by atoms with E-state index in [2.05, 4.69) is 31.1 Å². The summed E-state index contributed by atoms with van der Waals surface area (Å²) < 4.78 is 47.4. The Labute approximate surface area is 309 Å². The Morgan fingerprint density at radius 2 is 1.81 bits per heavy atom. The third-order valence-electron chi connectivity index (χ3n) is 7.87. The van der Waals surface area contributed by atoms with E-state index in [1.807, 2.05) is 5.38 Å². The maximum Gasteiger partial charge on any atom is 0.519 e. The molecule has 0 radical (unpaired) electrons. The third-order valence-corrected chi connectivity index (χ3v) is 10.8. The summed E-state index contributed by atoms with van der Waals surface area (Å²) in [6.07, 6.45) is -1.29. The summed E-state index contributed by atoms with van der Waals surface area (Å²) in [7, 11) is -3.58. The van der Waals surface area contributed by atoms with Crippen molar-refractivity contribution < 1.29 is 41.4 Å². The molecule has 1 amide bonds. The van der Waals surface area contributed by atoms with Crippen LogP contribution in [0.3, 0.4) is 0 Å². The Morgan fingerprint density at radius 1 is 1.06 bits per heavy atom. The van der Waals surface area contributed by atoms with Crippen LogP contribution < -0.4 is 20.6 Å². The number of rotatable bonds is 15. The average Bonchev–Trinajstić information content (AvgIpc) is 3.70. The zero-order valence-corrected chi connectivity index (χ0v) is 31.2. The number of halogens is 1. The van der Waals surface area contributed by atoms with Crippen molar-refractivity contribution in [2.75, 3.05) is 11.1 Å². The molecule has 0 aliphatic rings. The van der Waals surface area contributed by atoms with Crippen LogP contribution in [0, 0.1) is 6.92 Å². The maximum absolute atomic E-state index is 13.6. The number of hydrogen-bond donors (Lipinski definition) is 2. The molecule has 52 heavy (non-hydrogen) atoms. The van der Waals surface area contributed by atoms with Crippen LogP contribution in [-0.4, -0.2) is 42.2 Å². The van der Waals surface area contributed by atoms with Crippen molar-refractivity contribution in [1.82, 2.24) is 4.98 Å². The first kappa shape index (κ1) is 38.3. The van der Waals surface area contributed by atoms with E-state index in [-0.39, 0.29) is 64.0 Å². The Bertz CT molecular complexity index is 2220. The van der Waals surface area contributed by atoms with Gasteiger partial charge in [0.15, 0.2) is 15.6 Å². The summed E-state index contributed by atoms with van der Waals surface area (Å²) in [6.45, 7) is 7.92. The number of carboxylic acids is 1. The fourth-order valence-electron chi connectivity index (χ4n) is 5.01. The predicted octanol–water partition coefficient (Wildman–Crippen LogP) is 7.26. The number of aryl methyl sites for hydroxylation is 2. The van der Waals surface area contributed by atoms with Gasteiger partial charge in [-0.2, -0.15) is 0 Å². The monoisotopic (exact) mass is 768 g/mol. The van der Waals surface area contributed by atoms with Crippen LogP contribution in [-0.2, 0) is 39.5 Å². The van der Waals surface area contributed by atoms with E-state index in [4.69, 9.17) is 29.9 Å². The molecule has 0 spiro atoms. The topological polar surface area (TPSA) is 175 Å². The first-order chi connectivity index (χ1) is 24.6. The molecule has 1 unspecified atom stereocenters. The van der Waals surface area contributed by atoms with Gasteiger partial charge in [-0.15, -0.1) is 11.3 Å².